The number of aromatic hydroxyl groups is 1. The average Bonchev–Trinajstić information content (AvgIpc) is 2.20. The first-order valence-corrected chi connectivity index (χ1v) is 4.50. The molecular weight excluding hydrogens is 194 g/mol. The van der Waals surface area contributed by atoms with Crippen molar-refractivity contribution >= 4 is 12.1 Å². The fraction of sp³-hybridized carbons (Fsp3) is 0.273. The SMILES string of the molecule is CC(=O)c1cc(O)ccc1C[C@H](N)[C]=O. The Morgan fingerprint density at radius 3 is 2.80 bits per heavy atom. The van der Waals surface area contributed by atoms with Crippen LogP contribution < -0.4 is 5.73 Å². The van der Waals surface area contributed by atoms with Gasteiger partial charge in [0.25, 0.3) is 0 Å². The molecule has 3 N–H and O–H groups in total. The molecule has 15 heavy (non-hydrogen) atoms. The molecule has 0 aliphatic rings. The van der Waals surface area contributed by atoms with Gasteiger partial charge in [-0.1, -0.05) is 6.07 Å². The summed E-state index contributed by atoms with van der Waals surface area (Å²) in [5.74, 6) is -0.147. The fourth-order valence-electron chi connectivity index (χ4n) is 1.35. The number of Topliss-reactive ketones (excluding diaryl/α,β-unsaturated/α-hetero) is 1. The Morgan fingerprint density at radius 2 is 2.27 bits per heavy atom. The van der Waals surface area contributed by atoms with Gasteiger partial charge in [-0.3, -0.25) is 9.59 Å². The van der Waals surface area contributed by atoms with E-state index in [4.69, 9.17) is 5.73 Å². The maximum atomic E-state index is 11.2. The minimum Gasteiger partial charge on any atom is -0.508 e. The van der Waals surface area contributed by atoms with Crippen LogP contribution in [0.3, 0.4) is 0 Å². The summed E-state index contributed by atoms with van der Waals surface area (Å²) in [6.07, 6.45) is 1.90. The first-order valence-electron chi connectivity index (χ1n) is 4.50. The number of phenolic OH excluding ortho intramolecular Hbond substituents is 1. The van der Waals surface area contributed by atoms with Crippen LogP contribution in [0, 0.1) is 0 Å². The van der Waals surface area contributed by atoms with Crippen LogP contribution in [0.4, 0.5) is 0 Å². The lowest BCUT2D eigenvalue weighted by atomic mass is 9.98. The molecule has 1 radical (unpaired) electrons. The second-order valence-corrected chi connectivity index (χ2v) is 3.33. The van der Waals surface area contributed by atoms with Crippen LogP contribution >= 0.6 is 0 Å². The van der Waals surface area contributed by atoms with E-state index < -0.39 is 6.04 Å². The summed E-state index contributed by atoms with van der Waals surface area (Å²) in [6, 6.07) is 3.67. The van der Waals surface area contributed by atoms with Gasteiger partial charge in [-0.2, -0.15) is 0 Å². The number of nitrogens with two attached hydrogens (primary N) is 1. The van der Waals surface area contributed by atoms with Crippen LogP contribution in [0.15, 0.2) is 18.2 Å². The molecule has 0 amide bonds. The van der Waals surface area contributed by atoms with E-state index in [0.717, 1.165) is 0 Å². The third-order valence-corrected chi connectivity index (χ3v) is 2.06. The van der Waals surface area contributed by atoms with Crippen LogP contribution in [0.25, 0.3) is 0 Å². The maximum absolute atomic E-state index is 11.2. The van der Waals surface area contributed by atoms with Crippen molar-refractivity contribution in [2.75, 3.05) is 0 Å². The molecule has 0 aliphatic heterocycles. The van der Waals surface area contributed by atoms with Crippen molar-refractivity contribution in [3.8, 4) is 5.75 Å². The lowest BCUT2D eigenvalue weighted by Crippen LogP contribution is -2.24. The second kappa shape index (κ2) is 4.70. The number of phenols is 1. The maximum Gasteiger partial charge on any atom is 0.217 e. The number of rotatable bonds is 4. The number of hydrogen-bond acceptors (Lipinski definition) is 4. The van der Waals surface area contributed by atoms with E-state index in [0.29, 0.717) is 11.1 Å². The summed E-state index contributed by atoms with van der Waals surface area (Å²) in [5, 5.41) is 9.22. The van der Waals surface area contributed by atoms with E-state index in [1.54, 1.807) is 12.4 Å². The van der Waals surface area contributed by atoms with E-state index in [2.05, 4.69) is 0 Å². The molecule has 0 bridgehead atoms. The van der Waals surface area contributed by atoms with Gasteiger partial charge in [-0.15, -0.1) is 0 Å². The molecule has 0 saturated carbocycles. The summed E-state index contributed by atoms with van der Waals surface area (Å²) < 4.78 is 0. The standard InChI is InChI=1S/C11H12NO3/c1-7(14)11-5-10(15)3-2-8(11)4-9(12)6-13/h2-3,5,9,15H,4,12H2,1H3/t9-/m0/s1. The number of benzene rings is 1. The zero-order valence-corrected chi connectivity index (χ0v) is 8.36. The van der Waals surface area contributed by atoms with Crippen molar-refractivity contribution in [3.05, 3.63) is 29.3 Å². The summed E-state index contributed by atoms with van der Waals surface area (Å²) in [4.78, 5) is 21.5. The first kappa shape index (κ1) is 11.4. The van der Waals surface area contributed by atoms with Crippen molar-refractivity contribution < 1.29 is 14.7 Å². The van der Waals surface area contributed by atoms with Crippen molar-refractivity contribution in [2.45, 2.75) is 19.4 Å². The predicted molar refractivity (Wildman–Crippen MR) is 55.5 cm³/mol. The van der Waals surface area contributed by atoms with Gasteiger partial charge >= 0.3 is 0 Å². The molecule has 0 aromatic heterocycles. The van der Waals surface area contributed by atoms with E-state index in [1.165, 1.54) is 19.1 Å². The van der Waals surface area contributed by atoms with E-state index in [1.807, 2.05) is 0 Å². The molecule has 1 aromatic carbocycles. The predicted octanol–water partition coefficient (Wildman–Crippen LogP) is 0.574. The number of hydrogen-bond donors (Lipinski definition) is 2. The molecule has 0 saturated heterocycles. The second-order valence-electron chi connectivity index (χ2n) is 3.33. The van der Waals surface area contributed by atoms with Crippen molar-refractivity contribution in [2.24, 2.45) is 5.73 Å². The molecule has 0 heterocycles. The molecule has 0 unspecified atom stereocenters. The zero-order chi connectivity index (χ0) is 11.4. The van der Waals surface area contributed by atoms with Crippen LogP contribution in [0.1, 0.15) is 22.8 Å². The third-order valence-electron chi connectivity index (χ3n) is 2.06. The number of carbonyl (C=O) groups is 1. The Hall–Kier alpha value is -1.68. The molecule has 1 rings (SSSR count). The van der Waals surface area contributed by atoms with Crippen LogP contribution in [0.5, 0.6) is 5.75 Å². The van der Waals surface area contributed by atoms with Crippen LogP contribution in [-0.2, 0) is 11.2 Å². The van der Waals surface area contributed by atoms with Crippen molar-refractivity contribution in [1.29, 1.82) is 0 Å². The Bertz CT molecular complexity index is 387. The lowest BCUT2D eigenvalue weighted by Gasteiger charge is -2.08. The number of ketones is 1. The van der Waals surface area contributed by atoms with Gasteiger partial charge in [0.05, 0.1) is 6.04 Å². The highest BCUT2D eigenvalue weighted by Gasteiger charge is 2.11. The molecule has 1 aromatic rings. The Labute approximate surface area is 87.7 Å². The highest BCUT2D eigenvalue weighted by Crippen LogP contribution is 2.18. The molecule has 1 atom stereocenters. The molecule has 0 fully saturated rings. The molecule has 0 aliphatic carbocycles. The molecular formula is C11H12NO3. The Morgan fingerprint density at radius 1 is 1.60 bits per heavy atom. The topological polar surface area (TPSA) is 80.4 Å². The Kier molecular flexibility index (Phi) is 3.57. The van der Waals surface area contributed by atoms with Crippen molar-refractivity contribution in [1.82, 2.24) is 0 Å². The number of carbonyl (C=O) groups excluding carboxylic acids is 2. The lowest BCUT2D eigenvalue weighted by molar-refractivity contribution is 0.101. The van der Waals surface area contributed by atoms with E-state index in [-0.39, 0.29) is 18.0 Å². The van der Waals surface area contributed by atoms with E-state index >= 15 is 0 Å². The average molecular weight is 206 g/mol. The molecule has 4 heteroatoms. The largest absolute Gasteiger partial charge is 0.508 e. The quantitative estimate of drug-likeness (QED) is 0.706. The van der Waals surface area contributed by atoms with Gasteiger partial charge in [-0.25, -0.2) is 0 Å². The Balaban J connectivity index is 3.05. The van der Waals surface area contributed by atoms with Gasteiger partial charge in [0, 0.05) is 5.56 Å². The van der Waals surface area contributed by atoms with Crippen LogP contribution in [-0.4, -0.2) is 23.2 Å². The summed E-state index contributed by atoms with van der Waals surface area (Å²) in [6.45, 7) is 1.40. The normalized spacial score (nSPS) is 12.1. The van der Waals surface area contributed by atoms with Gasteiger partial charge < -0.3 is 10.8 Å². The smallest absolute Gasteiger partial charge is 0.217 e. The van der Waals surface area contributed by atoms with Gasteiger partial charge in [-0.05, 0) is 31.0 Å². The monoisotopic (exact) mass is 206 g/mol. The summed E-state index contributed by atoms with van der Waals surface area (Å²) in [5.41, 5.74) is 6.45. The van der Waals surface area contributed by atoms with Gasteiger partial charge in [0.2, 0.25) is 6.29 Å². The summed E-state index contributed by atoms with van der Waals surface area (Å²) in [7, 11) is 0. The van der Waals surface area contributed by atoms with Crippen molar-refractivity contribution in [3.63, 3.8) is 0 Å². The molecule has 4 nitrogen and oxygen atoms in total. The minimum atomic E-state index is -0.743. The summed E-state index contributed by atoms with van der Waals surface area (Å²) >= 11 is 0. The highest BCUT2D eigenvalue weighted by atomic mass is 16.3. The first-order chi connectivity index (χ1) is 7.04. The van der Waals surface area contributed by atoms with Gasteiger partial charge in [0.1, 0.15) is 5.75 Å². The third kappa shape index (κ3) is 2.89. The van der Waals surface area contributed by atoms with Gasteiger partial charge in [0.15, 0.2) is 5.78 Å². The highest BCUT2D eigenvalue weighted by molar-refractivity contribution is 5.96. The molecule has 79 valence electrons. The molecule has 0 spiro atoms. The fourth-order valence-corrected chi connectivity index (χ4v) is 1.35. The zero-order valence-electron chi connectivity index (χ0n) is 8.36. The van der Waals surface area contributed by atoms with Crippen LogP contribution in [0.2, 0.25) is 0 Å². The van der Waals surface area contributed by atoms with E-state index in [9.17, 15) is 14.7 Å². The minimum absolute atomic E-state index is 0.0209.